The molecule has 0 spiro atoms. The molecule has 2 N–H and O–H groups in total. The van der Waals surface area contributed by atoms with Crippen molar-refractivity contribution in [3.63, 3.8) is 0 Å². The predicted molar refractivity (Wildman–Crippen MR) is 50.6 cm³/mol. The second kappa shape index (κ2) is 5.72. The van der Waals surface area contributed by atoms with E-state index in [1.165, 1.54) is 0 Å². The van der Waals surface area contributed by atoms with Gasteiger partial charge in [0.15, 0.2) is 0 Å². The Morgan fingerprint density at radius 3 is 2.38 bits per heavy atom. The van der Waals surface area contributed by atoms with Gasteiger partial charge < -0.3 is 10.2 Å². The van der Waals surface area contributed by atoms with E-state index in [2.05, 4.69) is 6.58 Å². The third kappa shape index (κ3) is 4.65. The Morgan fingerprint density at radius 1 is 1.54 bits per heavy atom. The van der Waals surface area contributed by atoms with Crippen LogP contribution in [0.1, 0.15) is 13.8 Å². The number of carbonyl (C=O) groups is 1. The molecule has 4 heteroatoms. The maximum Gasteiger partial charge on any atom is 0.332 e. The lowest BCUT2D eigenvalue weighted by Gasteiger charge is -2.25. The molecule has 0 aromatic carbocycles. The lowest BCUT2D eigenvalue weighted by Crippen LogP contribution is -2.36. The van der Waals surface area contributed by atoms with Crippen molar-refractivity contribution in [1.29, 1.82) is 0 Å². The number of carboxylic acid groups (broad SMARTS) is 1. The molecule has 0 aliphatic carbocycles. The van der Waals surface area contributed by atoms with Crippen LogP contribution < -0.4 is 0 Å². The largest absolute Gasteiger partial charge is 0.478 e. The summed E-state index contributed by atoms with van der Waals surface area (Å²) in [6, 6.07) is 0.211. The highest BCUT2D eigenvalue weighted by atomic mass is 16.4. The van der Waals surface area contributed by atoms with Gasteiger partial charge in [0.05, 0.1) is 6.61 Å². The molecule has 0 saturated carbocycles. The van der Waals surface area contributed by atoms with E-state index >= 15 is 0 Å². The number of nitrogens with zero attached hydrogens (tertiary/aromatic N) is 1. The normalized spacial score (nSPS) is 10.8. The van der Waals surface area contributed by atoms with E-state index in [4.69, 9.17) is 10.2 Å². The fourth-order valence-corrected chi connectivity index (χ4v) is 0.961. The van der Waals surface area contributed by atoms with Crippen molar-refractivity contribution >= 4 is 5.97 Å². The molecule has 0 bridgehead atoms. The number of aliphatic hydroxyl groups excluding tert-OH is 1. The minimum absolute atomic E-state index is 0.0328. The summed E-state index contributed by atoms with van der Waals surface area (Å²) in [6.45, 7) is 8.14. The molecule has 4 nitrogen and oxygen atoms in total. The summed E-state index contributed by atoms with van der Waals surface area (Å²) in [6.07, 6.45) is 0. The van der Waals surface area contributed by atoms with E-state index in [0.717, 1.165) is 0 Å². The molecule has 0 aromatic rings. The first-order valence-corrected chi connectivity index (χ1v) is 4.25. The van der Waals surface area contributed by atoms with Crippen LogP contribution >= 0.6 is 0 Å². The number of aliphatic hydroxyl groups is 1. The van der Waals surface area contributed by atoms with Gasteiger partial charge in [-0.3, -0.25) is 4.90 Å². The molecular formula is C9H17NO3. The van der Waals surface area contributed by atoms with Crippen LogP contribution in [0.2, 0.25) is 0 Å². The second-order valence-corrected chi connectivity index (χ2v) is 3.20. The van der Waals surface area contributed by atoms with Gasteiger partial charge in [0.2, 0.25) is 0 Å². The van der Waals surface area contributed by atoms with E-state index < -0.39 is 5.97 Å². The second-order valence-electron chi connectivity index (χ2n) is 3.20. The van der Waals surface area contributed by atoms with E-state index in [9.17, 15) is 4.79 Å². The van der Waals surface area contributed by atoms with E-state index in [1.54, 1.807) is 0 Å². The zero-order valence-corrected chi connectivity index (χ0v) is 8.16. The van der Waals surface area contributed by atoms with Crippen molar-refractivity contribution in [2.24, 2.45) is 0 Å². The summed E-state index contributed by atoms with van der Waals surface area (Å²) in [5.41, 5.74) is 0.155. The van der Waals surface area contributed by atoms with Crippen molar-refractivity contribution < 1.29 is 15.0 Å². The van der Waals surface area contributed by atoms with Gasteiger partial charge in [-0.15, -0.1) is 0 Å². The Kier molecular flexibility index (Phi) is 5.34. The van der Waals surface area contributed by atoms with Gasteiger partial charge >= 0.3 is 5.97 Å². The molecule has 0 atom stereocenters. The van der Waals surface area contributed by atoms with Gasteiger partial charge in [-0.1, -0.05) is 6.58 Å². The van der Waals surface area contributed by atoms with Gasteiger partial charge in [-0.25, -0.2) is 4.79 Å². The van der Waals surface area contributed by atoms with Crippen molar-refractivity contribution in [3.05, 3.63) is 12.2 Å². The first kappa shape index (κ1) is 12.1. The van der Waals surface area contributed by atoms with Crippen LogP contribution in [0.15, 0.2) is 12.2 Å². The quantitative estimate of drug-likeness (QED) is 0.588. The van der Waals surface area contributed by atoms with Crippen LogP contribution in [0.4, 0.5) is 0 Å². The Bertz CT molecular complexity index is 189. The van der Waals surface area contributed by atoms with Crippen molar-refractivity contribution in [1.82, 2.24) is 4.90 Å². The van der Waals surface area contributed by atoms with Crippen molar-refractivity contribution in [2.75, 3.05) is 19.7 Å². The van der Waals surface area contributed by atoms with Crippen LogP contribution in [0.3, 0.4) is 0 Å². The van der Waals surface area contributed by atoms with Gasteiger partial charge in [0.1, 0.15) is 0 Å². The first-order chi connectivity index (χ1) is 5.99. The maximum absolute atomic E-state index is 10.5. The molecule has 0 rings (SSSR count). The van der Waals surface area contributed by atoms with Crippen LogP contribution in [-0.4, -0.2) is 46.8 Å². The zero-order chi connectivity index (χ0) is 10.4. The van der Waals surface area contributed by atoms with Crippen LogP contribution in [0, 0.1) is 0 Å². The van der Waals surface area contributed by atoms with Gasteiger partial charge in [-0.05, 0) is 13.8 Å². The maximum atomic E-state index is 10.5. The minimum Gasteiger partial charge on any atom is -0.478 e. The lowest BCUT2D eigenvalue weighted by atomic mass is 10.2. The number of rotatable bonds is 6. The number of carboxylic acids is 1. The standard InChI is InChI=1S/C9H17NO3/c1-7(2)10(4-5-11)6-8(3)9(12)13/h7,11H,3-6H2,1-2H3,(H,12,13). The highest BCUT2D eigenvalue weighted by molar-refractivity contribution is 5.86. The molecule has 0 radical (unpaired) electrons. The Balaban J connectivity index is 4.09. The zero-order valence-electron chi connectivity index (χ0n) is 8.16. The fraction of sp³-hybridized carbons (Fsp3) is 0.667. The molecule has 0 heterocycles. The molecule has 13 heavy (non-hydrogen) atoms. The molecule has 0 aliphatic heterocycles. The van der Waals surface area contributed by atoms with Crippen LogP contribution in [-0.2, 0) is 4.79 Å². The van der Waals surface area contributed by atoms with E-state index in [1.807, 2.05) is 18.7 Å². The molecule has 0 amide bonds. The van der Waals surface area contributed by atoms with Crippen LogP contribution in [0.25, 0.3) is 0 Å². The highest BCUT2D eigenvalue weighted by Gasteiger charge is 2.13. The number of aliphatic carboxylic acids is 1. The van der Waals surface area contributed by atoms with Gasteiger partial charge in [0.25, 0.3) is 0 Å². The topological polar surface area (TPSA) is 60.8 Å². The van der Waals surface area contributed by atoms with Crippen molar-refractivity contribution in [3.8, 4) is 0 Å². The summed E-state index contributed by atoms with van der Waals surface area (Å²) >= 11 is 0. The summed E-state index contributed by atoms with van der Waals surface area (Å²) in [5.74, 6) is -0.983. The van der Waals surface area contributed by atoms with Gasteiger partial charge in [0, 0.05) is 24.7 Å². The molecule has 76 valence electrons. The molecule has 0 fully saturated rings. The minimum atomic E-state index is -0.983. The Morgan fingerprint density at radius 2 is 2.08 bits per heavy atom. The summed E-state index contributed by atoms with van der Waals surface area (Å²) in [4.78, 5) is 12.3. The molecular weight excluding hydrogens is 170 g/mol. The Hall–Kier alpha value is -0.870. The smallest absolute Gasteiger partial charge is 0.332 e. The Labute approximate surface area is 78.5 Å². The summed E-state index contributed by atoms with van der Waals surface area (Å²) in [5, 5.41) is 17.3. The third-order valence-corrected chi connectivity index (χ3v) is 1.81. The predicted octanol–water partition coefficient (Wildman–Crippen LogP) is 0.330. The van der Waals surface area contributed by atoms with Gasteiger partial charge in [-0.2, -0.15) is 0 Å². The third-order valence-electron chi connectivity index (χ3n) is 1.81. The monoisotopic (exact) mass is 187 g/mol. The summed E-state index contributed by atoms with van der Waals surface area (Å²) in [7, 11) is 0. The van der Waals surface area contributed by atoms with Crippen molar-refractivity contribution in [2.45, 2.75) is 19.9 Å². The van der Waals surface area contributed by atoms with E-state index in [0.29, 0.717) is 13.1 Å². The average Bonchev–Trinajstić information content (AvgIpc) is 2.03. The lowest BCUT2D eigenvalue weighted by molar-refractivity contribution is -0.132. The molecule has 0 saturated heterocycles. The molecule has 0 unspecified atom stereocenters. The number of hydrogen-bond acceptors (Lipinski definition) is 3. The average molecular weight is 187 g/mol. The highest BCUT2D eigenvalue weighted by Crippen LogP contribution is 2.02. The van der Waals surface area contributed by atoms with E-state index in [-0.39, 0.29) is 18.2 Å². The number of hydrogen-bond donors (Lipinski definition) is 2. The molecule has 0 aromatic heterocycles. The van der Waals surface area contributed by atoms with Crippen LogP contribution in [0.5, 0.6) is 0 Å². The SMILES string of the molecule is C=C(CN(CCO)C(C)C)C(=O)O. The first-order valence-electron chi connectivity index (χ1n) is 4.25. The fourth-order valence-electron chi connectivity index (χ4n) is 0.961. The summed E-state index contributed by atoms with van der Waals surface area (Å²) < 4.78 is 0. The molecule has 0 aliphatic rings.